The van der Waals surface area contributed by atoms with E-state index in [1.807, 2.05) is 25.7 Å². The van der Waals surface area contributed by atoms with Crippen LogP contribution in [0.15, 0.2) is 0 Å². The third kappa shape index (κ3) is 4.39. The maximum absolute atomic E-state index is 12.7. The Kier molecular flexibility index (Phi) is 5.72. The fraction of sp³-hybridized carbons (Fsp3) is 0.824. The van der Waals surface area contributed by atoms with Crippen LogP contribution in [0.4, 0.5) is 4.79 Å². The minimum Gasteiger partial charge on any atom is -0.465 e. The minimum absolute atomic E-state index is 0.173. The molecule has 0 aromatic carbocycles. The van der Waals surface area contributed by atoms with Crippen LogP contribution < -0.4 is 5.32 Å². The van der Waals surface area contributed by atoms with Gasteiger partial charge in [-0.05, 0) is 31.1 Å². The molecule has 2 saturated heterocycles. The van der Waals surface area contributed by atoms with Crippen LogP contribution in [0.2, 0.25) is 0 Å². The highest BCUT2D eigenvalue weighted by Gasteiger charge is 2.38. The molecule has 2 heterocycles. The Morgan fingerprint density at radius 2 is 1.79 bits per heavy atom. The summed E-state index contributed by atoms with van der Waals surface area (Å²) in [5.41, 5.74) is -0.491. The second-order valence-electron chi connectivity index (χ2n) is 7.85. The molecule has 2 aliphatic rings. The van der Waals surface area contributed by atoms with Gasteiger partial charge in [0.15, 0.2) is 0 Å². The number of rotatable bonds is 3. The first-order chi connectivity index (χ1) is 11.2. The lowest BCUT2D eigenvalue weighted by molar-refractivity contribution is -0.140. The number of carbonyl (C=O) groups excluding carboxylic acids is 2. The monoisotopic (exact) mass is 339 g/mol. The van der Waals surface area contributed by atoms with Gasteiger partial charge in [-0.3, -0.25) is 9.59 Å². The molecule has 1 atom stereocenters. The number of amides is 3. The first-order valence-corrected chi connectivity index (χ1v) is 8.78. The number of hydrogen-bond donors (Lipinski definition) is 2. The van der Waals surface area contributed by atoms with E-state index < -0.39 is 17.6 Å². The van der Waals surface area contributed by atoms with Crippen molar-refractivity contribution >= 4 is 17.9 Å². The molecule has 0 saturated carbocycles. The van der Waals surface area contributed by atoms with Gasteiger partial charge in [0.2, 0.25) is 11.8 Å². The Labute approximate surface area is 143 Å². The molecular formula is C17H29N3O4. The molecule has 7 nitrogen and oxygen atoms in total. The fourth-order valence-electron chi connectivity index (χ4n) is 3.57. The molecule has 0 spiro atoms. The van der Waals surface area contributed by atoms with Crippen molar-refractivity contribution in [2.45, 2.75) is 65.0 Å². The largest absolute Gasteiger partial charge is 0.465 e. The summed E-state index contributed by atoms with van der Waals surface area (Å²) in [6, 6.07) is -0.550. The van der Waals surface area contributed by atoms with Crippen molar-refractivity contribution in [3.8, 4) is 0 Å². The molecule has 24 heavy (non-hydrogen) atoms. The zero-order valence-electron chi connectivity index (χ0n) is 14.9. The number of hydrogen-bond acceptors (Lipinski definition) is 3. The molecule has 0 bridgehead atoms. The summed E-state index contributed by atoms with van der Waals surface area (Å²) in [6.45, 7) is 7.52. The van der Waals surface area contributed by atoms with Gasteiger partial charge in [-0.2, -0.15) is 0 Å². The summed E-state index contributed by atoms with van der Waals surface area (Å²) in [4.78, 5) is 39.5. The van der Waals surface area contributed by atoms with Gasteiger partial charge in [0, 0.05) is 32.1 Å². The van der Waals surface area contributed by atoms with E-state index in [-0.39, 0.29) is 17.9 Å². The third-order valence-electron chi connectivity index (χ3n) is 4.96. The Morgan fingerprint density at radius 1 is 1.17 bits per heavy atom. The first kappa shape index (κ1) is 18.5. The van der Waals surface area contributed by atoms with Gasteiger partial charge < -0.3 is 20.2 Å². The number of piperidine rings is 2. The van der Waals surface area contributed by atoms with E-state index in [1.165, 1.54) is 0 Å². The van der Waals surface area contributed by atoms with Crippen LogP contribution in [0.1, 0.15) is 52.9 Å². The lowest BCUT2D eigenvalue weighted by atomic mass is 9.85. The summed E-state index contributed by atoms with van der Waals surface area (Å²) < 4.78 is 0. The SMILES string of the molecule is CC(C)(C)[C@@H](NC(=O)O)C(=O)N1CCC(N2CCCCC2=O)CC1. The molecule has 0 unspecified atom stereocenters. The van der Waals surface area contributed by atoms with Gasteiger partial charge in [0.25, 0.3) is 0 Å². The van der Waals surface area contributed by atoms with Crippen molar-refractivity contribution < 1.29 is 19.5 Å². The molecule has 0 aliphatic carbocycles. The van der Waals surface area contributed by atoms with E-state index in [4.69, 9.17) is 5.11 Å². The van der Waals surface area contributed by atoms with E-state index in [9.17, 15) is 14.4 Å². The van der Waals surface area contributed by atoms with Crippen molar-refractivity contribution in [3.05, 3.63) is 0 Å². The molecule has 3 amide bonds. The average molecular weight is 339 g/mol. The van der Waals surface area contributed by atoms with E-state index in [1.54, 1.807) is 4.90 Å². The van der Waals surface area contributed by atoms with Gasteiger partial charge in [-0.1, -0.05) is 20.8 Å². The molecule has 0 radical (unpaired) electrons. The van der Waals surface area contributed by atoms with Crippen LogP contribution in [0.5, 0.6) is 0 Å². The van der Waals surface area contributed by atoms with Crippen molar-refractivity contribution in [2.24, 2.45) is 5.41 Å². The highest BCUT2D eigenvalue weighted by atomic mass is 16.4. The van der Waals surface area contributed by atoms with Crippen molar-refractivity contribution in [1.82, 2.24) is 15.1 Å². The predicted octanol–water partition coefficient (Wildman–Crippen LogP) is 1.67. The van der Waals surface area contributed by atoms with Crippen molar-refractivity contribution in [2.75, 3.05) is 19.6 Å². The van der Waals surface area contributed by atoms with Crippen LogP contribution in [0.25, 0.3) is 0 Å². The zero-order valence-corrected chi connectivity index (χ0v) is 14.9. The van der Waals surface area contributed by atoms with E-state index in [0.29, 0.717) is 19.5 Å². The van der Waals surface area contributed by atoms with Crippen LogP contribution in [0, 0.1) is 5.41 Å². The second kappa shape index (κ2) is 7.40. The average Bonchev–Trinajstić information content (AvgIpc) is 2.51. The number of carbonyl (C=O) groups is 3. The highest BCUT2D eigenvalue weighted by Crippen LogP contribution is 2.25. The molecular weight excluding hydrogens is 310 g/mol. The quantitative estimate of drug-likeness (QED) is 0.818. The summed E-state index contributed by atoms with van der Waals surface area (Å²) in [5.74, 6) is 0.0551. The number of carboxylic acid groups (broad SMARTS) is 1. The standard InChI is InChI=1S/C17H29N3O4/c1-17(2,3)14(18-16(23)24)15(22)19-10-7-12(8-11-19)20-9-5-4-6-13(20)21/h12,14,18H,4-11H2,1-3H3,(H,23,24)/t14-/m0/s1. The van der Waals surface area contributed by atoms with Crippen molar-refractivity contribution in [3.63, 3.8) is 0 Å². The van der Waals surface area contributed by atoms with Gasteiger partial charge in [-0.25, -0.2) is 4.79 Å². The smallest absolute Gasteiger partial charge is 0.405 e. The van der Waals surface area contributed by atoms with E-state index in [2.05, 4.69) is 5.32 Å². The van der Waals surface area contributed by atoms with E-state index in [0.717, 1.165) is 32.2 Å². The lowest BCUT2D eigenvalue weighted by Gasteiger charge is -2.42. The number of nitrogens with one attached hydrogen (secondary N) is 1. The topological polar surface area (TPSA) is 89.9 Å². The Morgan fingerprint density at radius 3 is 2.29 bits per heavy atom. The van der Waals surface area contributed by atoms with Gasteiger partial charge in [0.1, 0.15) is 6.04 Å². The van der Waals surface area contributed by atoms with Crippen molar-refractivity contribution in [1.29, 1.82) is 0 Å². The van der Waals surface area contributed by atoms with Crippen LogP contribution in [0.3, 0.4) is 0 Å². The minimum atomic E-state index is -1.18. The summed E-state index contributed by atoms with van der Waals surface area (Å²) in [6.07, 6.45) is 3.01. The molecule has 0 aromatic rings. The summed E-state index contributed by atoms with van der Waals surface area (Å²) in [7, 11) is 0. The maximum atomic E-state index is 12.7. The molecule has 2 N–H and O–H groups in total. The first-order valence-electron chi connectivity index (χ1n) is 8.78. The second-order valence-corrected chi connectivity index (χ2v) is 7.85. The molecule has 2 aliphatic heterocycles. The molecule has 2 fully saturated rings. The zero-order chi connectivity index (χ0) is 17.9. The van der Waals surface area contributed by atoms with Gasteiger partial charge >= 0.3 is 6.09 Å². The normalized spacial score (nSPS) is 21.5. The maximum Gasteiger partial charge on any atom is 0.405 e. The van der Waals surface area contributed by atoms with E-state index >= 15 is 0 Å². The molecule has 7 heteroatoms. The van der Waals surface area contributed by atoms with Crippen LogP contribution in [-0.4, -0.2) is 64.5 Å². The fourth-order valence-corrected chi connectivity index (χ4v) is 3.57. The lowest BCUT2D eigenvalue weighted by Crippen LogP contribution is -2.57. The summed E-state index contributed by atoms with van der Waals surface area (Å²) in [5, 5.41) is 11.4. The Balaban J connectivity index is 1.96. The number of nitrogens with zero attached hydrogens (tertiary/aromatic N) is 2. The summed E-state index contributed by atoms with van der Waals surface area (Å²) >= 11 is 0. The molecule has 0 aromatic heterocycles. The van der Waals surface area contributed by atoms with Gasteiger partial charge in [-0.15, -0.1) is 0 Å². The van der Waals surface area contributed by atoms with Gasteiger partial charge in [0.05, 0.1) is 0 Å². The van der Waals surface area contributed by atoms with Crippen LogP contribution in [-0.2, 0) is 9.59 Å². The number of likely N-dealkylation sites (tertiary alicyclic amines) is 2. The molecule has 2 rings (SSSR count). The molecule has 136 valence electrons. The Bertz CT molecular complexity index is 493. The Hall–Kier alpha value is -1.79. The predicted molar refractivity (Wildman–Crippen MR) is 89.6 cm³/mol. The third-order valence-corrected chi connectivity index (χ3v) is 4.96. The van der Waals surface area contributed by atoms with Crippen LogP contribution >= 0.6 is 0 Å². The highest BCUT2D eigenvalue weighted by molar-refractivity contribution is 5.86.